The van der Waals surface area contributed by atoms with Crippen molar-refractivity contribution in [2.45, 2.75) is 6.43 Å². The van der Waals surface area contributed by atoms with Gasteiger partial charge in [-0.15, -0.1) is 0 Å². The molecule has 1 heterocycles. The van der Waals surface area contributed by atoms with Crippen LogP contribution in [0.4, 0.5) is 14.6 Å². The Kier molecular flexibility index (Phi) is 3.13. The highest BCUT2D eigenvalue weighted by molar-refractivity contribution is 14.1. The van der Waals surface area contributed by atoms with E-state index in [1.807, 2.05) is 0 Å². The zero-order chi connectivity index (χ0) is 10.9. The standard InChI is InChI=1S/C6H3F2IN2O3/c7-4(8)2-1-3(9)6(12)10-5(2)11(13)14/h1,4H,(H,10,12). The maximum Gasteiger partial charge on any atom is 0.345 e. The van der Waals surface area contributed by atoms with Crippen LogP contribution in [-0.4, -0.2) is 9.91 Å². The summed E-state index contributed by atoms with van der Waals surface area (Å²) < 4.78 is 24.5. The lowest BCUT2D eigenvalue weighted by Crippen LogP contribution is -2.14. The number of aromatic nitrogens is 1. The summed E-state index contributed by atoms with van der Waals surface area (Å²) in [5, 5.41) is 10.3. The molecule has 1 aromatic rings. The first-order valence-electron chi connectivity index (χ1n) is 3.28. The molecule has 0 unspecified atom stereocenters. The third-order valence-electron chi connectivity index (χ3n) is 1.42. The van der Waals surface area contributed by atoms with E-state index in [1.165, 1.54) is 22.6 Å². The molecule has 0 fully saturated rings. The Balaban J connectivity index is 3.47. The molecule has 0 aliphatic carbocycles. The van der Waals surface area contributed by atoms with Crippen molar-refractivity contribution in [1.82, 2.24) is 4.98 Å². The second-order valence-corrected chi connectivity index (χ2v) is 3.47. The zero-order valence-electron chi connectivity index (χ0n) is 6.46. The molecule has 0 amide bonds. The number of rotatable bonds is 2. The number of nitro groups is 1. The number of alkyl halides is 2. The second-order valence-electron chi connectivity index (χ2n) is 2.31. The lowest BCUT2D eigenvalue weighted by atomic mass is 10.3. The summed E-state index contributed by atoms with van der Waals surface area (Å²) in [6.07, 6.45) is -2.99. The molecule has 1 rings (SSSR count). The lowest BCUT2D eigenvalue weighted by Gasteiger charge is -2.01. The minimum atomic E-state index is -2.99. The molecule has 0 bridgehead atoms. The molecular formula is C6H3F2IN2O3. The van der Waals surface area contributed by atoms with Gasteiger partial charge in [-0.05, 0) is 33.6 Å². The van der Waals surface area contributed by atoms with E-state index in [9.17, 15) is 23.7 Å². The molecule has 0 radical (unpaired) electrons. The van der Waals surface area contributed by atoms with Crippen LogP contribution in [0.25, 0.3) is 0 Å². The topological polar surface area (TPSA) is 76.0 Å². The molecule has 1 N–H and O–H groups in total. The van der Waals surface area contributed by atoms with Gasteiger partial charge in [0.1, 0.15) is 9.13 Å². The SMILES string of the molecule is O=c1[nH]c([N+](=O)[O-])c(C(F)F)cc1I. The molecule has 0 aliphatic rings. The number of halogens is 3. The monoisotopic (exact) mass is 316 g/mol. The first kappa shape index (κ1) is 11.0. The molecule has 0 saturated carbocycles. The predicted molar refractivity (Wildman–Crippen MR) is 51.4 cm³/mol. The fourth-order valence-electron chi connectivity index (χ4n) is 0.827. The Morgan fingerprint density at radius 3 is 2.57 bits per heavy atom. The summed E-state index contributed by atoms with van der Waals surface area (Å²) in [4.78, 5) is 21.9. The van der Waals surface area contributed by atoms with Crippen LogP contribution in [0, 0.1) is 13.7 Å². The van der Waals surface area contributed by atoms with Crippen LogP contribution in [0.3, 0.4) is 0 Å². The molecule has 0 spiro atoms. The number of hydrogen-bond acceptors (Lipinski definition) is 3. The van der Waals surface area contributed by atoms with Crippen molar-refractivity contribution in [1.29, 1.82) is 0 Å². The molecule has 0 aliphatic heterocycles. The summed E-state index contributed by atoms with van der Waals surface area (Å²) in [6.45, 7) is 0. The lowest BCUT2D eigenvalue weighted by molar-refractivity contribution is -0.391. The number of H-pyrrole nitrogens is 1. The Hall–Kier alpha value is -1.06. The van der Waals surface area contributed by atoms with Gasteiger partial charge in [0, 0.05) is 0 Å². The van der Waals surface area contributed by atoms with Crippen molar-refractivity contribution < 1.29 is 13.7 Å². The van der Waals surface area contributed by atoms with Gasteiger partial charge in [0.2, 0.25) is 0 Å². The van der Waals surface area contributed by atoms with E-state index in [1.54, 1.807) is 4.98 Å². The summed E-state index contributed by atoms with van der Waals surface area (Å²) in [7, 11) is 0. The smallest absolute Gasteiger partial charge is 0.345 e. The number of nitrogens with one attached hydrogen (secondary N) is 1. The van der Waals surface area contributed by atoms with Gasteiger partial charge in [-0.25, -0.2) is 18.6 Å². The van der Waals surface area contributed by atoms with E-state index < -0.39 is 28.3 Å². The minimum Gasteiger partial charge on any atom is -0.358 e. The Morgan fingerprint density at radius 2 is 2.14 bits per heavy atom. The third-order valence-corrected chi connectivity index (χ3v) is 2.22. The van der Waals surface area contributed by atoms with Crippen LogP contribution in [0.1, 0.15) is 12.0 Å². The van der Waals surface area contributed by atoms with E-state index in [0.717, 1.165) is 6.07 Å². The van der Waals surface area contributed by atoms with Crippen molar-refractivity contribution in [3.8, 4) is 0 Å². The van der Waals surface area contributed by atoms with Crippen molar-refractivity contribution in [3.63, 3.8) is 0 Å². The van der Waals surface area contributed by atoms with Crippen LogP contribution in [-0.2, 0) is 0 Å². The average molecular weight is 316 g/mol. The van der Waals surface area contributed by atoms with Crippen molar-refractivity contribution >= 4 is 28.4 Å². The average Bonchev–Trinajstić information content (AvgIpc) is 2.08. The van der Waals surface area contributed by atoms with Gasteiger partial charge in [0.05, 0.1) is 0 Å². The highest BCUT2D eigenvalue weighted by atomic mass is 127. The van der Waals surface area contributed by atoms with Gasteiger partial charge in [-0.2, -0.15) is 0 Å². The first-order chi connectivity index (χ1) is 6.43. The van der Waals surface area contributed by atoms with Crippen LogP contribution in [0.15, 0.2) is 10.9 Å². The molecule has 8 heteroatoms. The molecular weight excluding hydrogens is 313 g/mol. The highest BCUT2D eigenvalue weighted by Crippen LogP contribution is 2.26. The summed E-state index contributed by atoms with van der Waals surface area (Å²) in [6, 6.07) is 0.808. The van der Waals surface area contributed by atoms with Gasteiger partial charge in [-0.3, -0.25) is 0 Å². The van der Waals surface area contributed by atoms with E-state index >= 15 is 0 Å². The molecule has 0 atom stereocenters. The summed E-state index contributed by atoms with van der Waals surface area (Å²) >= 11 is 1.52. The van der Waals surface area contributed by atoms with E-state index in [4.69, 9.17) is 0 Å². The normalized spacial score (nSPS) is 10.6. The molecule has 14 heavy (non-hydrogen) atoms. The quantitative estimate of drug-likeness (QED) is 0.514. The third kappa shape index (κ3) is 2.05. The molecule has 76 valence electrons. The first-order valence-corrected chi connectivity index (χ1v) is 4.36. The van der Waals surface area contributed by atoms with Crippen LogP contribution in [0.2, 0.25) is 0 Å². The Labute approximate surface area is 89.4 Å². The van der Waals surface area contributed by atoms with Crippen molar-refractivity contribution in [3.05, 3.63) is 35.7 Å². The van der Waals surface area contributed by atoms with Crippen molar-refractivity contribution in [2.75, 3.05) is 0 Å². The molecule has 0 aromatic carbocycles. The fourth-order valence-corrected chi connectivity index (χ4v) is 1.30. The van der Waals surface area contributed by atoms with Crippen LogP contribution >= 0.6 is 22.6 Å². The number of hydrogen-bond donors (Lipinski definition) is 1. The van der Waals surface area contributed by atoms with Gasteiger partial charge in [0.25, 0.3) is 6.43 Å². The zero-order valence-corrected chi connectivity index (χ0v) is 8.62. The Morgan fingerprint density at radius 1 is 1.57 bits per heavy atom. The number of nitrogens with zero attached hydrogens (tertiary/aromatic N) is 1. The van der Waals surface area contributed by atoms with Gasteiger partial charge >= 0.3 is 11.4 Å². The number of aromatic amines is 1. The van der Waals surface area contributed by atoms with Gasteiger partial charge in [-0.1, -0.05) is 0 Å². The van der Waals surface area contributed by atoms with E-state index in [-0.39, 0.29) is 3.57 Å². The fraction of sp³-hybridized carbons (Fsp3) is 0.167. The van der Waals surface area contributed by atoms with Crippen LogP contribution in [0.5, 0.6) is 0 Å². The molecule has 5 nitrogen and oxygen atoms in total. The second kappa shape index (κ2) is 3.98. The summed E-state index contributed by atoms with van der Waals surface area (Å²) in [5.74, 6) is -0.953. The maximum absolute atomic E-state index is 12.3. The Bertz CT molecular complexity index is 432. The van der Waals surface area contributed by atoms with Crippen LogP contribution < -0.4 is 5.56 Å². The minimum absolute atomic E-state index is 0.0106. The molecule has 0 saturated heterocycles. The van der Waals surface area contributed by atoms with E-state index in [2.05, 4.69) is 0 Å². The largest absolute Gasteiger partial charge is 0.358 e. The number of pyridine rings is 1. The van der Waals surface area contributed by atoms with Crippen molar-refractivity contribution in [2.24, 2.45) is 0 Å². The van der Waals surface area contributed by atoms with Gasteiger partial charge in [0.15, 0.2) is 0 Å². The van der Waals surface area contributed by atoms with Gasteiger partial charge < -0.3 is 10.1 Å². The molecule has 1 aromatic heterocycles. The highest BCUT2D eigenvalue weighted by Gasteiger charge is 2.23. The van der Waals surface area contributed by atoms with E-state index in [0.29, 0.717) is 0 Å². The summed E-state index contributed by atoms with van der Waals surface area (Å²) in [5.41, 5.74) is -1.53. The predicted octanol–water partition coefficient (Wildman–Crippen LogP) is 1.83. The maximum atomic E-state index is 12.3.